The van der Waals surface area contributed by atoms with E-state index in [2.05, 4.69) is 10.6 Å². The van der Waals surface area contributed by atoms with Crippen molar-refractivity contribution in [3.8, 4) is 0 Å². The van der Waals surface area contributed by atoms with Gasteiger partial charge in [-0.15, -0.1) is 0 Å². The average molecular weight is 358 g/mol. The summed E-state index contributed by atoms with van der Waals surface area (Å²) in [5, 5.41) is 5.45. The lowest BCUT2D eigenvalue weighted by Gasteiger charge is -2.21. The number of para-hydroxylation sites is 1. The average Bonchev–Trinajstić information content (AvgIpc) is 2.60. The van der Waals surface area contributed by atoms with Crippen molar-refractivity contribution < 1.29 is 18.9 Å². The van der Waals surface area contributed by atoms with Gasteiger partial charge < -0.3 is 15.5 Å². The lowest BCUT2D eigenvalue weighted by Crippen LogP contribution is -3.14. The molecule has 0 saturated carbocycles. The minimum Gasteiger partial charge on any atom is -0.321 e. The van der Waals surface area contributed by atoms with Gasteiger partial charge in [0.2, 0.25) is 0 Å². The molecule has 138 valence electrons. The van der Waals surface area contributed by atoms with Crippen LogP contribution >= 0.6 is 0 Å². The molecule has 6 heteroatoms. The summed E-state index contributed by atoms with van der Waals surface area (Å²) in [5.41, 5.74) is 3.02. The van der Waals surface area contributed by atoms with Crippen molar-refractivity contribution in [2.24, 2.45) is 0 Å². The summed E-state index contributed by atoms with van der Waals surface area (Å²) in [4.78, 5) is 25.3. The van der Waals surface area contributed by atoms with Crippen molar-refractivity contribution in [2.75, 3.05) is 24.2 Å². The van der Waals surface area contributed by atoms with Gasteiger partial charge >= 0.3 is 0 Å². The van der Waals surface area contributed by atoms with Gasteiger partial charge in [-0.2, -0.15) is 0 Å². The predicted octanol–water partition coefficient (Wildman–Crippen LogP) is 1.92. The Morgan fingerprint density at radius 2 is 1.69 bits per heavy atom. The first-order chi connectivity index (χ1) is 12.3. The van der Waals surface area contributed by atoms with Gasteiger partial charge in [-0.05, 0) is 50.1 Å². The molecule has 0 aromatic heterocycles. The number of aryl methyl sites for hydroxylation is 1. The Morgan fingerprint density at radius 3 is 2.38 bits per heavy atom. The zero-order valence-electron chi connectivity index (χ0n) is 15.5. The van der Waals surface area contributed by atoms with Gasteiger partial charge in [-0.3, -0.25) is 9.59 Å². The maximum Gasteiger partial charge on any atom is 0.282 e. The molecule has 0 bridgehead atoms. The van der Waals surface area contributed by atoms with Gasteiger partial charge in [-0.1, -0.05) is 24.3 Å². The van der Waals surface area contributed by atoms with Crippen LogP contribution in [0, 0.1) is 19.7 Å². The Hall–Kier alpha value is -2.73. The summed E-state index contributed by atoms with van der Waals surface area (Å²) in [6.07, 6.45) is 0. The van der Waals surface area contributed by atoms with Crippen molar-refractivity contribution in [3.05, 3.63) is 59.4 Å². The van der Waals surface area contributed by atoms with Crippen LogP contribution in [0.4, 0.5) is 15.8 Å². The molecule has 0 radical (unpaired) electrons. The molecular formula is C20H25FN3O2+. The number of anilines is 2. The molecule has 0 saturated heterocycles. The van der Waals surface area contributed by atoms with E-state index >= 15 is 0 Å². The maximum absolute atomic E-state index is 13.7. The number of hydrogen-bond donors (Lipinski definition) is 3. The Kier molecular flexibility index (Phi) is 6.46. The third kappa shape index (κ3) is 4.89. The number of nitrogens with one attached hydrogen (secondary N) is 3. The third-order valence-electron chi connectivity index (χ3n) is 4.58. The fraction of sp³-hybridized carbons (Fsp3) is 0.300. The predicted molar refractivity (Wildman–Crippen MR) is 101 cm³/mol. The van der Waals surface area contributed by atoms with E-state index in [4.69, 9.17) is 0 Å². The van der Waals surface area contributed by atoms with Crippen LogP contribution < -0.4 is 15.5 Å². The van der Waals surface area contributed by atoms with Crippen LogP contribution in [0.1, 0.15) is 18.1 Å². The minimum atomic E-state index is -0.515. The quantitative estimate of drug-likeness (QED) is 0.739. The van der Waals surface area contributed by atoms with Gasteiger partial charge in [-0.25, -0.2) is 4.39 Å². The minimum absolute atomic E-state index is 0.124. The largest absolute Gasteiger partial charge is 0.321 e. The Labute approximate surface area is 153 Å². The van der Waals surface area contributed by atoms with Gasteiger partial charge in [0, 0.05) is 5.69 Å². The summed E-state index contributed by atoms with van der Waals surface area (Å²) in [6.45, 7) is 5.76. The highest BCUT2D eigenvalue weighted by Gasteiger charge is 2.24. The number of amides is 2. The van der Waals surface area contributed by atoms with Crippen molar-refractivity contribution in [1.82, 2.24) is 0 Å². The van der Waals surface area contributed by atoms with Crippen LogP contribution in [0.15, 0.2) is 42.5 Å². The normalized spacial score (nSPS) is 13.0. The molecule has 0 spiro atoms. The molecule has 0 aliphatic carbocycles. The standard InChI is InChI=1S/C20H24FN3O2/c1-13-8-7-11-17(14(13)2)22-19(25)12-24(4)15(3)20(26)23-18-10-6-5-9-16(18)21/h5-11,15H,12H2,1-4H3,(H,22,25)(H,23,26)/p+1/t15-/m1/s1. The SMILES string of the molecule is Cc1cccc(NC(=O)C[NH+](C)[C@H](C)C(=O)Nc2ccccc2F)c1C. The van der Waals surface area contributed by atoms with E-state index in [1.165, 1.54) is 12.1 Å². The van der Waals surface area contributed by atoms with Gasteiger partial charge in [0.05, 0.1) is 12.7 Å². The van der Waals surface area contributed by atoms with Gasteiger partial charge in [0.25, 0.3) is 11.8 Å². The molecule has 2 rings (SSSR count). The van der Waals surface area contributed by atoms with Crippen LogP contribution in [-0.4, -0.2) is 31.4 Å². The highest BCUT2D eigenvalue weighted by atomic mass is 19.1. The summed E-state index contributed by atoms with van der Waals surface area (Å²) in [7, 11) is 1.76. The molecule has 0 aliphatic heterocycles. The number of halogens is 1. The first-order valence-electron chi connectivity index (χ1n) is 8.53. The van der Waals surface area contributed by atoms with E-state index in [1.807, 2.05) is 32.0 Å². The van der Waals surface area contributed by atoms with Crippen LogP contribution in [0.3, 0.4) is 0 Å². The monoisotopic (exact) mass is 358 g/mol. The lowest BCUT2D eigenvalue weighted by molar-refractivity contribution is -0.885. The zero-order chi connectivity index (χ0) is 19.3. The second-order valence-corrected chi connectivity index (χ2v) is 6.51. The fourth-order valence-electron chi connectivity index (χ4n) is 2.51. The number of benzene rings is 2. The molecule has 5 nitrogen and oxygen atoms in total. The van der Waals surface area contributed by atoms with E-state index in [-0.39, 0.29) is 24.0 Å². The number of carbonyl (C=O) groups is 2. The molecule has 2 atom stereocenters. The summed E-state index contributed by atoms with van der Waals surface area (Å²) in [6, 6.07) is 11.2. The van der Waals surface area contributed by atoms with E-state index < -0.39 is 11.9 Å². The second kappa shape index (κ2) is 8.58. The Balaban J connectivity index is 1.94. The van der Waals surface area contributed by atoms with Crippen molar-refractivity contribution in [3.63, 3.8) is 0 Å². The molecule has 2 aromatic carbocycles. The number of quaternary nitrogens is 1. The van der Waals surface area contributed by atoms with E-state index in [1.54, 1.807) is 26.1 Å². The molecule has 0 fully saturated rings. The van der Waals surface area contributed by atoms with Crippen molar-refractivity contribution in [1.29, 1.82) is 0 Å². The summed E-state index contributed by atoms with van der Waals surface area (Å²) >= 11 is 0. The van der Waals surface area contributed by atoms with Crippen LogP contribution in [0.25, 0.3) is 0 Å². The Bertz CT molecular complexity index is 807. The number of likely N-dealkylation sites (N-methyl/N-ethyl adjacent to an activating group) is 1. The maximum atomic E-state index is 13.7. The fourth-order valence-corrected chi connectivity index (χ4v) is 2.51. The number of carbonyl (C=O) groups excluding carboxylic acids is 2. The van der Waals surface area contributed by atoms with Crippen molar-refractivity contribution >= 4 is 23.2 Å². The molecular weight excluding hydrogens is 333 g/mol. The lowest BCUT2D eigenvalue weighted by atomic mass is 10.1. The van der Waals surface area contributed by atoms with E-state index in [9.17, 15) is 14.0 Å². The summed E-state index contributed by atoms with van der Waals surface area (Å²) < 4.78 is 13.7. The molecule has 0 heterocycles. The molecule has 2 aromatic rings. The van der Waals surface area contributed by atoms with Crippen LogP contribution in [0.2, 0.25) is 0 Å². The first-order valence-corrected chi connectivity index (χ1v) is 8.53. The highest BCUT2D eigenvalue weighted by Crippen LogP contribution is 2.17. The molecule has 1 unspecified atom stereocenters. The highest BCUT2D eigenvalue weighted by molar-refractivity contribution is 5.95. The van der Waals surface area contributed by atoms with Gasteiger partial charge in [0.15, 0.2) is 12.6 Å². The van der Waals surface area contributed by atoms with Crippen LogP contribution in [-0.2, 0) is 9.59 Å². The number of hydrogen-bond acceptors (Lipinski definition) is 2. The summed E-state index contributed by atoms with van der Waals surface area (Å²) in [5.74, 6) is -1.01. The topological polar surface area (TPSA) is 62.6 Å². The molecule has 26 heavy (non-hydrogen) atoms. The third-order valence-corrected chi connectivity index (χ3v) is 4.58. The smallest absolute Gasteiger partial charge is 0.282 e. The zero-order valence-corrected chi connectivity index (χ0v) is 15.5. The molecule has 0 aliphatic rings. The van der Waals surface area contributed by atoms with Crippen molar-refractivity contribution in [2.45, 2.75) is 26.8 Å². The number of rotatable bonds is 6. The second-order valence-electron chi connectivity index (χ2n) is 6.51. The molecule has 2 amide bonds. The molecule has 3 N–H and O–H groups in total. The first kappa shape index (κ1) is 19.6. The Morgan fingerprint density at radius 1 is 1.04 bits per heavy atom. The van der Waals surface area contributed by atoms with E-state index in [0.29, 0.717) is 4.90 Å². The van der Waals surface area contributed by atoms with Gasteiger partial charge in [0.1, 0.15) is 5.82 Å². The van der Waals surface area contributed by atoms with E-state index in [0.717, 1.165) is 16.8 Å². The van der Waals surface area contributed by atoms with Crippen LogP contribution in [0.5, 0.6) is 0 Å².